The van der Waals surface area contributed by atoms with Crippen molar-refractivity contribution in [1.82, 2.24) is 5.32 Å². The number of aryl methyl sites for hydroxylation is 2. The normalized spacial score (nSPS) is 11.3. The van der Waals surface area contributed by atoms with Crippen LogP contribution in [0.5, 0.6) is 5.75 Å². The smallest absolute Gasteiger partial charge is 0.134 e. The molecule has 0 saturated carbocycles. The highest BCUT2D eigenvalue weighted by Crippen LogP contribution is 2.22. The van der Waals surface area contributed by atoms with Gasteiger partial charge in [-0.1, -0.05) is 42.5 Å². The summed E-state index contributed by atoms with van der Waals surface area (Å²) in [4.78, 5) is 0. The van der Waals surface area contributed by atoms with Crippen LogP contribution in [-0.2, 0) is 33.6 Å². The maximum absolute atomic E-state index is 13.1. The third-order valence-corrected chi connectivity index (χ3v) is 6.15. The molecule has 6 nitrogen and oxygen atoms in total. The van der Waals surface area contributed by atoms with Crippen LogP contribution in [0.1, 0.15) is 23.3 Å². The SMILES string of the molecule is Fc1ccc(CCc2cc3ccc(CNCCOCCOCCOCCCOc4ccccc4)cc3o2)cc1. The molecule has 1 N–H and O–H groups in total. The molecule has 0 bridgehead atoms. The first kappa shape index (κ1) is 28.8. The molecule has 0 unspecified atom stereocenters. The molecule has 0 aliphatic carbocycles. The average Bonchev–Trinajstić information content (AvgIpc) is 3.37. The molecule has 1 heterocycles. The fourth-order valence-electron chi connectivity index (χ4n) is 4.07. The van der Waals surface area contributed by atoms with Gasteiger partial charge in [0.05, 0.1) is 39.6 Å². The van der Waals surface area contributed by atoms with Crippen molar-refractivity contribution >= 4 is 11.0 Å². The van der Waals surface area contributed by atoms with E-state index in [2.05, 4.69) is 29.6 Å². The predicted molar refractivity (Wildman–Crippen MR) is 151 cm³/mol. The molecule has 0 aliphatic heterocycles. The molecule has 1 aromatic heterocycles. The number of hydrogen-bond acceptors (Lipinski definition) is 6. The second-order valence-corrected chi connectivity index (χ2v) is 9.24. The van der Waals surface area contributed by atoms with Crippen LogP contribution in [0.2, 0.25) is 0 Å². The van der Waals surface area contributed by atoms with Gasteiger partial charge in [-0.05, 0) is 53.9 Å². The molecule has 3 aromatic carbocycles. The van der Waals surface area contributed by atoms with E-state index < -0.39 is 0 Å². The Morgan fingerprint density at radius 3 is 2.18 bits per heavy atom. The van der Waals surface area contributed by atoms with Crippen molar-refractivity contribution in [1.29, 1.82) is 0 Å². The summed E-state index contributed by atoms with van der Waals surface area (Å²) in [6.45, 7) is 5.67. The Morgan fingerprint density at radius 2 is 1.38 bits per heavy atom. The van der Waals surface area contributed by atoms with E-state index in [0.717, 1.165) is 66.0 Å². The van der Waals surface area contributed by atoms with Gasteiger partial charge in [0.1, 0.15) is 22.9 Å². The molecule has 0 saturated heterocycles. The van der Waals surface area contributed by atoms with Crippen molar-refractivity contribution < 1.29 is 27.8 Å². The van der Waals surface area contributed by atoms with Gasteiger partial charge >= 0.3 is 0 Å². The number of benzene rings is 3. The largest absolute Gasteiger partial charge is 0.494 e. The van der Waals surface area contributed by atoms with E-state index >= 15 is 0 Å². The summed E-state index contributed by atoms with van der Waals surface area (Å²) in [5.74, 6) is 1.62. The zero-order valence-corrected chi connectivity index (χ0v) is 22.4. The zero-order chi connectivity index (χ0) is 27.0. The molecule has 0 aliphatic rings. The number of halogens is 1. The minimum Gasteiger partial charge on any atom is -0.494 e. The van der Waals surface area contributed by atoms with E-state index in [-0.39, 0.29) is 5.82 Å². The second-order valence-electron chi connectivity index (χ2n) is 9.24. The van der Waals surface area contributed by atoms with Gasteiger partial charge < -0.3 is 28.7 Å². The van der Waals surface area contributed by atoms with E-state index in [4.69, 9.17) is 23.4 Å². The van der Waals surface area contributed by atoms with Gasteiger partial charge in [-0.15, -0.1) is 0 Å². The lowest BCUT2D eigenvalue weighted by molar-refractivity contribution is 0.0133. The monoisotopic (exact) mass is 535 g/mol. The predicted octanol–water partition coefficient (Wildman–Crippen LogP) is 5.97. The van der Waals surface area contributed by atoms with Gasteiger partial charge in [0.15, 0.2) is 0 Å². The molecule has 208 valence electrons. The van der Waals surface area contributed by atoms with Crippen molar-refractivity contribution in [2.45, 2.75) is 25.8 Å². The number of fused-ring (bicyclic) bond motifs is 1. The fraction of sp³-hybridized carbons (Fsp3) is 0.375. The summed E-state index contributed by atoms with van der Waals surface area (Å²) in [5, 5.41) is 4.50. The summed E-state index contributed by atoms with van der Waals surface area (Å²) in [5.41, 5.74) is 3.15. The summed E-state index contributed by atoms with van der Waals surface area (Å²) in [7, 11) is 0. The third kappa shape index (κ3) is 10.8. The Hall–Kier alpha value is -3.23. The minimum absolute atomic E-state index is 0.210. The topological polar surface area (TPSA) is 62.1 Å². The number of para-hydroxylation sites is 1. The molecule has 7 heteroatoms. The van der Waals surface area contributed by atoms with Crippen LogP contribution < -0.4 is 10.1 Å². The van der Waals surface area contributed by atoms with Crippen LogP contribution in [0.25, 0.3) is 11.0 Å². The highest BCUT2D eigenvalue weighted by atomic mass is 19.1. The maximum Gasteiger partial charge on any atom is 0.134 e. The van der Waals surface area contributed by atoms with Gasteiger partial charge in [-0.2, -0.15) is 0 Å². The van der Waals surface area contributed by atoms with E-state index in [1.807, 2.05) is 42.5 Å². The first-order valence-electron chi connectivity index (χ1n) is 13.6. The van der Waals surface area contributed by atoms with E-state index in [1.54, 1.807) is 0 Å². The summed E-state index contributed by atoms with van der Waals surface area (Å²) in [6, 6.07) is 24.8. The maximum atomic E-state index is 13.1. The summed E-state index contributed by atoms with van der Waals surface area (Å²) >= 11 is 0. The lowest BCUT2D eigenvalue weighted by Gasteiger charge is -2.08. The highest BCUT2D eigenvalue weighted by Gasteiger charge is 2.06. The van der Waals surface area contributed by atoms with Crippen LogP contribution in [-0.4, -0.2) is 52.8 Å². The zero-order valence-electron chi connectivity index (χ0n) is 22.4. The van der Waals surface area contributed by atoms with Crippen LogP contribution in [0.3, 0.4) is 0 Å². The molecule has 0 radical (unpaired) electrons. The Morgan fingerprint density at radius 1 is 0.667 bits per heavy atom. The third-order valence-electron chi connectivity index (χ3n) is 6.15. The van der Waals surface area contributed by atoms with Gasteiger partial charge in [0.2, 0.25) is 0 Å². The van der Waals surface area contributed by atoms with Gasteiger partial charge in [-0.3, -0.25) is 0 Å². The fourth-order valence-corrected chi connectivity index (χ4v) is 4.07. The van der Waals surface area contributed by atoms with E-state index in [1.165, 1.54) is 12.1 Å². The lowest BCUT2D eigenvalue weighted by Crippen LogP contribution is -2.20. The standard InChI is InChI=1S/C32H38FNO5/c33-29-12-8-26(9-13-29)10-14-31-24-28-11-7-27(23-32(28)39-31)25-34-15-18-36-20-22-37-21-19-35-16-4-17-38-30-5-2-1-3-6-30/h1-3,5-9,11-13,23-24,34H,4,10,14-22,25H2. The average molecular weight is 536 g/mol. The van der Waals surface area contributed by atoms with Crippen molar-refractivity contribution in [3.63, 3.8) is 0 Å². The van der Waals surface area contributed by atoms with E-state index in [0.29, 0.717) is 46.2 Å². The van der Waals surface area contributed by atoms with Crippen molar-refractivity contribution in [3.05, 3.63) is 102 Å². The van der Waals surface area contributed by atoms with Crippen molar-refractivity contribution in [2.75, 3.05) is 52.8 Å². The van der Waals surface area contributed by atoms with Crippen molar-refractivity contribution in [2.24, 2.45) is 0 Å². The van der Waals surface area contributed by atoms with E-state index in [9.17, 15) is 4.39 Å². The van der Waals surface area contributed by atoms with Crippen LogP contribution in [0, 0.1) is 5.82 Å². The Kier molecular flexibility index (Phi) is 12.3. The summed E-state index contributed by atoms with van der Waals surface area (Å²) in [6.07, 6.45) is 2.45. The van der Waals surface area contributed by atoms with Crippen LogP contribution in [0.4, 0.5) is 4.39 Å². The van der Waals surface area contributed by atoms with Crippen molar-refractivity contribution in [3.8, 4) is 5.75 Å². The molecule has 0 atom stereocenters. The second kappa shape index (κ2) is 16.7. The van der Waals surface area contributed by atoms with Gasteiger partial charge in [0.25, 0.3) is 0 Å². The molecule has 4 aromatic rings. The molecular formula is C32H38FNO5. The number of ether oxygens (including phenoxy) is 4. The molecule has 0 fully saturated rings. The quantitative estimate of drug-likeness (QED) is 0.149. The van der Waals surface area contributed by atoms with Crippen LogP contribution in [0.15, 0.2) is 83.3 Å². The lowest BCUT2D eigenvalue weighted by atomic mass is 10.1. The van der Waals surface area contributed by atoms with Crippen LogP contribution >= 0.6 is 0 Å². The first-order valence-corrected chi connectivity index (χ1v) is 13.6. The van der Waals surface area contributed by atoms with Gasteiger partial charge in [0, 0.05) is 37.9 Å². The molecule has 4 rings (SSSR count). The summed E-state index contributed by atoms with van der Waals surface area (Å²) < 4.78 is 41.5. The first-order chi connectivity index (χ1) is 19.3. The molecule has 39 heavy (non-hydrogen) atoms. The minimum atomic E-state index is -0.210. The Balaban J connectivity index is 0.974. The Bertz CT molecular complexity index is 1210. The molecular weight excluding hydrogens is 497 g/mol. The highest BCUT2D eigenvalue weighted by molar-refractivity contribution is 5.78. The molecule has 0 amide bonds. The molecule has 0 spiro atoms. The number of hydrogen-bond donors (Lipinski definition) is 1. The van der Waals surface area contributed by atoms with Gasteiger partial charge in [-0.25, -0.2) is 4.39 Å². The number of rotatable bonds is 19. The Labute approximate surface area is 230 Å². The number of furan rings is 1. The number of nitrogens with one attached hydrogen (secondary N) is 1.